The molecule has 0 aliphatic carbocycles. The third-order valence-electron chi connectivity index (χ3n) is 5.09. The molecule has 0 radical (unpaired) electrons. The Morgan fingerprint density at radius 3 is 2.23 bits per heavy atom. The number of hydrogen-bond donors (Lipinski definition) is 2. The molecule has 2 amide bonds. The van der Waals surface area contributed by atoms with Gasteiger partial charge in [-0.3, -0.25) is 20.4 Å². The number of aryl methyl sites for hydroxylation is 2. The number of hydrogen-bond acceptors (Lipinski definition) is 4. The van der Waals surface area contributed by atoms with Crippen molar-refractivity contribution in [1.82, 2.24) is 10.9 Å². The summed E-state index contributed by atoms with van der Waals surface area (Å²) in [5.74, 6) is 0.497. The van der Waals surface area contributed by atoms with Crippen LogP contribution < -0.4 is 20.3 Å². The van der Waals surface area contributed by atoms with Crippen LogP contribution in [-0.2, 0) is 4.79 Å². The van der Waals surface area contributed by atoms with Gasteiger partial charge in [0.2, 0.25) is 0 Å². The summed E-state index contributed by atoms with van der Waals surface area (Å²) in [6.07, 6.45) is 5.16. The summed E-state index contributed by atoms with van der Waals surface area (Å²) < 4.78 is 11.4. The summed E-state index contributed by atoms with van der Waals surface area (Å²) in [6, 6.07) is 12.5. The second kappa shape index (κ2) is 12.6. The van der Waals surface area contributed by atoms with Gasteiger partial charge in [-0.2, -0.15) is 0 Å². The molecule has 2 rings (SSSR count). The highest BCUT2D eigenvalue weighted by atomic mass is 16.5. The Balaban J connectivity index is 1.74. The highest BCUT2D eigenvalue weighted by Crippen LogP contribution is 2.18. The predicted octanol–water partition coefficient (Wildman–Crippen LogP) is 4.88. The van der Waals surface area contributed by atoms with Gasteiger partial charge in [0.15, 0.2) is 6.10 Å². The smallest absolute Gasteiger partial charge is 0.279 e. The lowest BCUT2D eigenvalue weighted by atomic mass is 10.1. The molecule has 1 unspecified atom stereocenters. The Morgan fingerprint density at radius 2 is 1.55 bits per heavy atom. The van der Waals surface area contributed by atoms with Gasteiger partial charge in [0.1, 0.15) is 11.5 Å². The first-order valence-electron chi connectivity index (χ1n) is 11.0. The van der Waals surface area contributed by atoms with E-state index in [2.05, 4.69) is 17.8 Å². The van der Waals surface area contributed by atoms with Crippen molar-refractivity contribution in [2.45, 2.75) is 65.9 Å². The normalized spacial score (nSPS) is 11.5. The Morgan fingerprint density at radius 1 is 0.871 bits per heavy atom. The number of rotatable bonds is 11. The van der Waals surface area contributed by atoms with Gasteiger partial charge in [0.25, 0.3) is 11.8 Å². The van der Waals surface area contributed by atoms with E-state index in [0.29, 0.717) is 17.9 Å². The first kappa shape index (κ1) is 24.3. The molecule has 0 bridgehead atoms. The molecule has 2 aromatic rings. The lowest BCUT2D eigenvalue weighted by Gasteiger charge is -2.16. The van der Waals surface area contributed by atoms with E-state index in [9.17, 15) is 9.59 Å². The van der Waals surface area contributed by atoms with Crippen molar-refractivity contribution >= 4 is 11.8 Å². The van der Waals surface area contributed by atoms with Crippen LogP contribution >= 0.6 is 0 Å². The Hall–Kier alpha value is -3.02. The van der Waals surface area contributed by atoms with Crippen LogP contribution in [0.3, 0.4) is 0 Å². The lowest BCUT2D eigenvalue weighted by molar-refractivity contribution is -0.128. The first-order chi connectivity index (χ1) is 14.9. The number of unbranched alkanes of at least 4 members (excludes halogenated alkanes) is 4. The molecule has 1 atom stereocenters. The maximum atomic E-state index is 12.3. The highest BCUT2D eigenvalue weighted by Gasteiger charge is 2.16. The molecule has 0 spiro atoms. The van der Waals surface area contributed by atoms with E-state index in [-0.39, 0.29) is 0 Å². The first-order valence-corrected chi connectivity index (χ1v) is 11.0. The topological polar surface area (TPSA) is 76.7 Å². The summed E-state index contributed by atoms with van der Waals surface area (Å²) in [7, 11) is 0. The van der Waals surface area contributed by atoms with E-state index in [1.54, 1.807) is 31.2 Å². The largest absolute Gasteiger partial charge is 0.494 e. The highest BCUT2D eigenvalue weighted by molar-refractivity contribution is 5.95. The van der Waals surface area contributed by atoms with Crippen molar-refractivity contribution in [3.63, 3.8) is 0 Å². The fraction of sp³-hybridized carbons (Fsp3) is 0.440. The number of ether oxygens (including phenoxy) is 2. The second-order valence-electron chi connectivity index (χ2n) is 7.74. The molecule has 2 N–H and O–H groups in total. The third kappa shape index (κ3) is 8.32. The minimum absolute atomic E-state index is 0.405. The Kier molecular flexibility index (Phi) is 9.88. The van der Waals surface area contributed by atoms with Crippen LogP contribution in [0.2, 0.25) is 0 Å². The maximum absolute atomic E-state index is 12.3. The molecular formula is C25H34N2O4. The summed E-state index contributed by atoms with van der Waals surface area (Å²) in [6.45, 7) is 8.49. The quantitative estimate of drug-likeness (QED) is 0.397. The van der Waals surface area contributed by atoms with E-state index in [1.807, 2.05) is 32.0 Å². The van der Waals surface area contributed by atoms with Gasteiger partial charge >= 0.3 is 0 Å². The minimum Gasteiger partial charge on any atom is -0.494 e. The molecule has 0 saturated heterocycles. The standard InChI is InChI=1S/C25H34N2O4/c1-5-6-7-8-9-16-30-22-14-11-21(12-15-22)25(29)27-26-24(28)20(4)31-23-13-10-18(2)19(3)17-23/h10-15,17,20H,5-9,16H2,1-4H3,(H,26,28)(H,27,29). The van der Waals surface area contributed by atoms with E-state index >= 15 is 0 Å². The van der Waals surface area contributed by atoms with Crippen molar-refractivity contribution in [3.05, 3.63) is 59.2 Å². The van der Waals surface area contributed by atoms with Crippen LogP contribution in [0.5, 0.6) is 11.5 Å². The lowest BCUT2D eigenvalue weighted by Crippen LogP contribution is -2.47. The van der Waals surface area contributed by atoms with Crippen LogP contribution in [0.4, 0.5) is 0 Å². The number of nitrogens with one attached hydrogen (secondary N) is 2. The average molecular weight is 427 g/mol. The van der Waals surface area contributed by atoms with Crippen LogP contribution in [0.25, 0.3) is 0 Å². The number of hydrazine groups is 1. The van der Waals surface area contributed by atoms with E-state index in [4.69, 9.17) is 9.47 Å². The molecule has 2 aromatic carbocycles. The molecule has 168 valence electrons. The molecule has 6 heteroatoms. The molecule has 0 heterocycles. The SMILES string of the molecule is CCCCCCCOc1ccc(C(=O)NNC(=O)C(C)Oc2ccc(C)c(C)c2)cc1. The van der Waals surface area contributed by atoms with E-state index in [0.717, 1.165) is 23.3 Å². The zero-order valence-electron chi connectivity index (χ0n) is 19.0. The number of amides is 2. The van der Waals surface area contributed by atoms with Crippen molar-refractivity contribution in [2.75, 3.05) is 6.61 Å². The van der Waals surface area contributed by atoms with Crippen molar-refractivity contribution < 1.29 is 19.1 Å². The molecular weight excluding hydrogens is 392 g/mol. The number of benzene rings is 2. The van der Waals surface area contributed by atoms with Gasteiger partial charge in [0, 0.05) is 5.56 Å². The Labute approximate surface area is 185 Å². The number of carbonyl (C=O) groups excluding carboxylic acids is 2. The van der Waals surface area contributed by atoms with Gasteiger partial charge in [-0.15, -0.1) is 0 Å². The monoisotopic (exact) mass is 426 g/mol. The van der Waals surface area contributed by atoms with E-state index in [1.165, 1.54) is 25.7 Å². The molecule has 0 aromatic heterocycles. The zero-order chi connectivity index (χ0) is 22.6. The predicted molar refractivity (Wildman–Crippen MR) is 122 cm³/mol. The second-order valence-corrected chi connectivity index (χ2v) is 7.74. The third-order valence-corrected chi connectivity index (χ3v) is 5.09. The summed E-state index contributed by atoms with van der Waals surface area (Å²) in [4.78, 5) is 24.5. The maximum Gasteiger partial charge on any atom is 0.279 e. The fourth-order valence-corrected chi connectivity index (χ4v) is 2.94. The van der Waals surface area contributed by atoms with Crippen molar-refractivity contribution in [2.24, 2.45) is 0 Å². The fourth-order valence-electron chi connectivity index (χ4n) is 2.94. The molecule has 0 aliphatic rings. The van der Waals surface area contributed by atoms with Crippen LogP contribution in [0.1, 0.15) is 67.4 Å². The summed E-state index contributed by atoms with van der Waals surface area (Å²) in [5, 5.41) is 0. The molecule has 0 fully saturated rings. The van der Waals surface area contributed by atoms with Gasteiger partial charge in [-0.05, 0) is 74.7 Å². The average Bonchev–Trinajstić information content (AvgIpc) is 2.77. The minimum atomic E-state index is -0.754. The van der Waals surface area contributed by atoms with E-state index < -0.39 is 17.9 Å². The Bertz CT molecular complexity index is 849. The van der Waals surface area contributed by atoms with Crippen molar-refractivity contribution in [3.8, 4) is 11.5 Å². The van der Waals surface area contributed by atoms with Crippen LogP contribution in [0, 0.1) is 13.8 Å². The molecule has 0 saturated carbocycles. The number of carbonyl (C=O) groups is 2. The van der Waals surface area contributed by atoms with Gasteiger partial charge in [-0.25, -0.2) is 0 Å². The van der Waals surface area contributed by atoms with Crippen LogP contribution in [-0.4, -0.2) is 24.5 Å². The molecule has 6 nitrogen and oxygen atoms in total. The van der Waals surface area contributed by atoms with Gasteiger partial charge in [-0.1, -0.05) is 38.7 Å². The molecule has 0 aliphatic heterocycles. The molecule has 31 heavy (non-hydrogen) atoms. The van der Waals surface area contributed by atoms with Gasteiger partial charge in [0.05, 0.1) is 6.61 Å². The van der Waals surface area contributed by atoms with Crippen LogP contribution in [0.15, 0.2) is 42.5 Å². The summed E-state index contributed by atoms with van der Waals surface area (Å²) >= 11 is 0. The van der Waals surface area contributed by atoms with Crippen molar-refractivity contribution in [1.29, 1.82) is 0 Å². The zero-order valence-corrected chi connectivity index (χ0v) is 19.0. The summed E-state index contributed by atoms with van der Waals surface area (Å²) in [5.41, 5.74) is 7.49. The van der Waals surface area contributed by atoms with Gasteiger partial charge < -0.3 is 9.47 Å².